The lowest BCUT2D eigenvalue weighted by molar-refractivity contribution is 0.838. The number of nitrogens with zero attached hydrogens (tertiary/aromatic N) is 2. The average molecular weight is 987 g/mol. The van der Waals surface area contributed by atoms with Crippen molar-refractivity contribution in [1.29, 1.82) is 0 Å². The number of aryl methyl sites for hydroxylation is 3. The summed E-state index contributed by atoms with van der Waals surface area (Å²) in [7, 11) is -1.91. The summed E-state index contributed by atoms with van der Waals surface area (Å²) in [6.45, 7) is 20.7. The molecule has 9 rings (SSSR count). The van der Waals surface area contributed by atoms with E-state index in [0.717, 1.165) is 94.9 Å². The van der Waals surface area contributed by atoms with Gasteiger partial charge in [0.2, 0.25) is 0 Å². The summed E-state index contributed by atoms with van der Waals surface area (Å²) >= 11 is 2.38. The molecule has 0 atom stereocenters. The van der Waals surface area contributed by atoms with Crippen molar-refractivity contribution in [3.05, 3.63) is 163 Å². The van der Waals surface area contributed by atoms with Crippen LogP contribution >= 0.6 is 22.6 Å². The summed E-state index contributed by atoms with van der Waals surface area (Å²) in [6, 6.07) is 38.9. The molecule has 2 aliphatic heterocycles. The van der Waals surface area contributed by atoms with Crippen LogP contribution < -0.4 is 0 Å². The Kier molecular flexibility index (Phi) is 12.3. The molecule has 4 aromatic carbocycles. The van der Waals surface area contributed by atoms with Gasteiger partial charge in [0, 0.05) is 59.0 Å². The number of rotatable bonds is 7. The van der Waals surface area contributed by atoms with Crippen LogP contribution in [0.1, 0.15) is 92.1 Å². The summed E-state index contributed by atoms with van der Waals surface area (Å²) in [6.07, 6.45) is 14.5. The smallest absolute Gasteiger partial charge is 0.146 e. The molecule has 0 saturated carbocycles. The van der Waals surface area contributed by atoms with Crippen LogP contribution in [-0.2, 0) is 0 Å². The molecule has 0 amide bonds. The molecule has 7 aromatic rings. The molecule has 8 bridgehead atoms. The molecular weight excluding hydrogens is 932 g/mol. The highest BCUT2D eigenvalue weighted by molar-refractivity contribution is 14.1. The molecular formula is C60H55IN4Si. The van der Waals surface area contributed by atoms with Gasteiger partial charge in [-0.05, 0) is 178 Å². The van der Waals surface area contributed by atoms with Crippen LogP contribution in [0.25, 0.3) is 90.9 Å². The molecule has 0 saturated heterocycles. The maximum atomic E-state index is 5.85. The Morgan fingerprint density at radius 3 is 1.24 bits per heavy atom. The standard InChI is InChI=1S/C60H55IN4Si/c1-11-42-12-16-44(17-13-42)57-48-24-25-49(62-48)58(45-18-14-43(15-19-45)32-33-66(36(2)3,37(4)5)38(6)7)50-26-27-51(63-50)59(46-20-22-47(61)23-21-46)53-29-31-55(65-53)60(54-30-28-52(57)64-54)56-40(9)34-39(8)35-41(56)10/h1,12-31,34-38,62,65H,2-10H3. The zero-order valence-electron chi connectivity index (χ0n) is 39.3. The van der Waals surface area contributed by atoms with Gasteiger partial charge < -0.3 is 9.97 Å². The molecule has 4 nitrogen and oxygen atoms in total. The van der Waals surface area contributed by atoms with E-state index >= 15 is 0 Å². The Balaban J connectivity index is 1.38. The van der Waals surface area contributed by atoms with E-state index in [-0.39, 0.29) is 0 Å². The number of aromatic nitrogens is 4. The van der Waals surface area contributed by atoms with Crippen LogP contribution in [0.15, 0.2) is 109 Å². The third kappa shape index (κ3) is 8.23. The Morgan fingerprint density at radius 2 is 0.848 bits per heavy atom. The van der Waals surface area contributed by atoms with E-state index in [9.17, 15) is 0 Å². The maximum Gasteiger partial charge on any atom is 0.146 e. The van der Waals surface area contributed by atoms with Crippen LogP contribution in [0.4, 0.5) is 0 Å². The van der Waals surface area contributed by atoms with Gasteiger partial charge in [0.05, 0.1) is 22.8 Å². The van der Waals surface area contributed by atoms with Crippen molar-refractivity contribution >= 4 is 77.0 Å². The SMILES string of the molecule is C#Cc1ccc(-c2c3nc(c(-c4c(C)cc(C)cc4C)c4ccc([nH]4)c(-c4ccc(I)cc4)c4nc(c(-c5ccc(C#C[Si](C(C)C)(C(C)C)C(C)C)cc5)c5ccc2[nH]5)C=C4)C=C3)cc1. The number of hydrogen-bond donors (Lipinski definition) is 2. The van der Waals surface area contributed by atoms with Crippen molar-refractivity contribution in [3.8, 4) is 68.3 Å². The highest BCUT2D eigenvalue weighted by Gasteiger charge is 2.41. The number of fused-ring (bicyclic) bond motifs is 8. The molecule has 2 aliphatic rings. The first-order valence-electron chi connectivity index (χ1n) is 23.0. The Labute approximate surface area is 405 Å². The van der Waals surface area contributed by atoms with E-state index in [2.05, 4.69) is 234 Å². The summed E-state index contributed by atoms with van der Waals surface area (Å²) in [4.78, 5) is 18.9. The number of hydrogen-bond acceptors (Lipinski definition) is 2. The van der Waals surface area contributed by atoms with Crippen molar-refractivity contribution in [2.75, 3.05) is 0 Å². The molecule has 0 unspecified atom stereocenters. The second-order valence-electron chi connectivity index (χ2n) is 18.7. The average Bonchev–Trinajstić information content (AvgIpc) is 4.14. The van der Waals surface area contributed by atoms with Gasteiger partial charge in [-0.2, -0.15) is 0 Å². The fourth-order valence-electron chi connectivity index (χ4n) is 10.6. The molecule has 326 valence electrons. The van der Waals surface area contributed by atoms with Crippen LogP contribution in [0.2, 0.25) is 16.6 Å². The predicted molar refractivity (Wildman–Crippen MR) is 293 cm³/mol. The minimum Gasteiger partial charge on any atom is -0.354 e. The number of benzene rings is 4. The van der Waals surface area contributed by atoms with Crippen molar-refractivity contribution in [2.45, 2.75) is 78.9 Å². The summed E-state index contributed by atoms with van der Waals surface area (Å²) in [5.74, 6) is 6.46. The van der Waals surface area contributed by atoms with E-state index in [1.165, 1.54) is 25.8 Å². The number of H-pyrrole nitrogens is 2. The van der Waals surface area contributed by atoms with Gasteiger partial charge in [-0.1, -0.05) is 107 Å². The quantitative estimate of drug-likeness (QED) is 0.0950. The third-order valence-corrected chi connectivity index (χ3v) is 20.6. The Hall–Kier alpha value is -6.45. The van der Waals surface area contributed by atoms with Gasteiger partial charge in [-0.3, -0.25) is 0 Å². The topological polar surface area (TPSA) is 57.4 Å². The van der Waals surface area contributed by atoms with Crippen molar-refractivity contribution in [2.24, 2.45) is 0 Å². The van der Waals surface area contributed by atoms with Crippen LogP contribution in [0.5, 0.6) is 0 Å². The van der Waals surface area contributed by atoms with E-state index < -0.39 is 8.07 Å². The van der Waals surface area contributed by atoms with E-state index in [0.29, 0.717) is 16.6 Å². The summed E-state index contributed by atoms with van der Waals surface area (Å²) in [5, 5.41) is 0. The molecule has 0 aliphatic carbocycles. The first-order valence-corrected chi connectivity index (χ1v) is 26.3. The molecule has 66 heavy (non-hydrogen) atoms. The minimum absolute atomic E-state index is 0.561. The first-order chi connectivity index (χ1) is 31.7. The molecule has 6 heteroatoms. The van der Waals surface area contributed by atoms with E-state index in [4.69, 9.17) is 16.4 Å². The van der Waals surface area contributed by atoms with Crippen LogP contribution in [0, 0.1) is 48.1 Å². The number of aromatic amines is 2. The van der Waals surface area contributed by atoms with Crippen molar-refractivity contribution < 1.29 is 0 Å². The predicted octanol–water partition coefficient (Wildman–Crippen LogP) is 16.4. The molecule has 3 aromatic heterocycles. The lowest BCUT2D eigenvalue weighted by atomic mass is 9.92. The summed E-state index contributed by atoms with van der Waals surface area (Å²) < 4.78 is 1.17. The zero-order chi connectivity index (χ0) is 46.4. The second kappa shape index (κ2) is 18.1. The number of nitrogens with one attached hydrogen (secondary N) is 2. The van der Waals surface area contributed by atoms with Gasteiger partial charge in [0.15, 0.2) is 0 Å². The molecule has 2 N–H and O–H groups in total. The zero-order valence-corrected chi connectivity index (χ0v) is 42.4. The van der Waals surface area contributed by atoms with Crippen LogP contribution in [0.3, 0.4) is 0 Å². The monoisotopic (exact) mass is 986 g/mol. The van der Waals surface area contributed by atoms with Gasteiger partial charge in [-0.25, -0.2) is 9.97 Å². The largest absolute Gasteiger partial charge is 0.354 e. The molecule has 5 heterocycles. The lowest BCUT2D eigenvalue weighted by Crippen LogP contribution is -2.43. The molecule has 0 spiro atoms. The van der Waals surface area contributed by atoms with E-state index in [1.54, 1.807) is 0 Å². The van der Waals surface area contributed by atoms with Gasteiger partial charge in [0.25, 0.3) is 0 Å². The first kappa shape index (κ1) is 44.7. The number of terminal acetylenes is 1. The Morgan fingerprint density at radius 1 is 0.485 bits per heavy atom. The lowest BCUT2D eigenvalue weighted by Gasteiger charge is -2.38. The van der Waals surface area contributed by atoms with E-state index in [1.807, 2.05) is 12.1 Å². The van der Waals surface area contributed by atoms with Gasteiger partial charge in [-0.15, -0.1) is 12.0 Å². The van der Waals surface area contributed by atoms with Crippen molar-refractivity contribution in [1.82, 2.24) is 19.9 Å². The maximum absolute atomic E-state index is 5.85. The van der Waals surface area contributed by atoms with Crippen LogP contribution in [-0.4, -0.2) is 28.0 Å². The third-order valence-electron chi connectivity index (χ3n) is 13.6. The van der Waals surface area contributed by atoms with Gasteiger partial charge >= 0.3 is 0 Å². The fraction of sp³-hybridized carbons (Fsp3) is 0.200. The summed E-state index contributed by atoms with van der Waals surface area (Å²) in [5.41, 5.74) is 26.8. The molecule has 0 fully saturated rings. The fourth-order valence-corrected chi connectivity index (χ4v) is 16.2. The Bertz CT molecular complexity index is 3330. The highest BCUT2D eigenvalue weighted by Crippen LogP contribution is 2.42. The minimum atomic E-state index is -1.91. The molecule has 0 radical (unpaired) electrons. The second-order valence-corrected chi connectivity index (χ2v) is 25.6. The normalized spacial score (nSPS) is 12.2. The van der Waals surface area contributed by atoms with Gasteiger partial charge in [0.1, 0.15) is 8.07 Å². The number of halogens is 1. The van der Waals surface area contributed by atoms with Crippen molar-refractivity contribution in [3.63, 3.8) is 0 Å². The highest BCUT2D eigenvalue weighted by atomic mass is 127.